The van der Waals surface area contributed by atoms with Crippen LogP contribution in [0.25, 0.3) is 0 Å². The van der Waals surface area contributed by atoms with Crippen molar-refractivity contribution in [2.24, 2.45) is 0 Å². The molecule has 3 aliphatic rings. The number of allylic oxidation sites excluding steroid dienone is 15. The second-order valence-electron chi connectivity index (χ2n) is 27.8. The monoisotopic (exact) mass is 1420 g/mol. The first-order valence-electron chi connectivity index (χ1n) is 39.5. The van der Waals surface area contributed by atoms with E-state index in [4.69, 9.17) is 28.4 Å². The topological polar surface area (TPSA) is 307 Å². The van der Waals surface area contributed by atoms with Gasteiger partial charge in [0, 0.05) is 6.42 Å². The normalized spacial score (nSPS) is 27.0. The number of rotatable bonds is 61. The van der Waals surface area contributed by atoms with Crippen LogP contribution in [0.5, 0.6) is 0 Å². The van der Waals surface area contributed by atoms with Gasteiger partial charge in [-0.25, -0.2) is 0 Å². The molecule has 19 heteroatoms. The fourth-order valence-electron chi connectivity index (χ4n) is 12.8. The number of hydrogen-bond donors (Lipinski definition) is 12. The number of carbonyl (C=O) groups is 1. The minimum Gasteiger partial charge on any atom is -0.394 e. The summed E-state index contributed by atoms with van der Waals surface area (Å²) < 4.78 is 34.4. The van der Waals surface area contributed by atoms with Crippen LogP contribution in [0.4, 0.5) is 0 Å². The summed E-state index contributed by atoms with van der Waals surface area (Å²) >= 11 is 0. The highest BCUT2D eigenvalue weighted by atomic mass is 16.8. The van der Waals surface area contributed by atoms with Gasteiger partial charge in [0.1, 0.15) is 73.2 Å². The fraction of sp³-hybridized carbons (Fsp3) is 0.790. The van der Waals surface area contributed by atoms with E-state index in [9.17, 15) is 61.0 Å². The zero-order chi connectivity index (χ0) is 72.5. The molecule has 3 rings (SSSR count). The highest BCUT2D eigenvalue weighted by Gasteiger charge is 2.53. The molecule has 19 nitrogen and oxygen atoms in total. The molecule has 0 saturated carbocycles. The van der Waals surface area contributed by atoms with Gasteiger partial charge in [-0.15, -0.1) is 0 Å². The SMILES string of the molecule is CC/C=C\C/C=C\C/C=C\C/C=C\C/C=C\C/C=C\C/C=C\CCCCCCCCCCCCCCCC(=O)NC(COC1OC(CO)C(OC2OC(CO)C(OC3OC(CO)C(O)C(O)C3O)C(O)C2O)C(O)C1O)C(O)/C=C/CCCCCCCCCCCCCCCCCCCC. The third kappa shape index (κ3) is 40.8. The molecule has 3 heterocycles. The zero-order valence-electron chi connectivity index (χ0n) is 61.6. The van der Waals surface area contributed by atoms with Crippen LogP contribution in [0.2, 0.25) is 0 Å². The summed E-state index contributed by atoms with van der Waals surface area (Å²) in [5, 5.41) is 121. The molecule has 3 aliphatic heterocycles. The first kappa shape index (κ1) is 90.9. The molecule has 3 fully saturated rings. The van der Waals surface area contributed by atoms with E-state index < -0.39 is 124 Å². The molecule has 578 valence electrons. The molecular weight excluding hydrogens is 1270 g/mol. The third-order valence-electron chi connectivity index (χ3n) is 19.1. The first-order chi connectivity index (χ1) is 48.8. The van der Waals surface area contributed by atoms with E-state index >= 15 is 0 Å². The molecule has 0 aliphatic carbocycles. The van der Waals surface area contributed by atoms with Crippen LogP contribution in [-0.2, 0) is 33.2 Å². The summed E-state index contributed by atoms with van der Waals surface area (Å²) in [7, 11) is 0. The Balaban J connectivity index is 1.36. The van der Waals surface area contributed by atoms with E-state index in [1.54, 1.807) is 6.08 Å². The quantitative estimate of drug-likeness (QED) is 0.0199. The summed E-state index contributed by atoms with van der Waals surface area (Å²) in [5.74, 6) is -0.278. The van der Waals surface area contributed by atoms with Crippen molar-refractivity contribution in [3.63, 3.8) is 0 Å². The Morgan fingerprint density at radius 1 is 0.370 bits per heavy atom. The third-order valence-corrected chi connectivity index (χ3v) is 19.1. The Labute approximate surface area is 603 Å². The Morgan fingerprint density at radius 2 is 0.690 bits per heavy atom. The van der Waals surface area contributed by atoms with E-state index in [1.165, 1.54) is 154 Å². The van der Waals surface area contributed by atoms with Crippen LogP contribution in [0.1, 0.15) is 277 Å². The van der Waals surface area contributed by atoms with Gasteiger partial charge in [0.15, 0.2) is 18.9 Å². The molecule has 0 aromatic heterocycles. The number of ether oxygens (including phenoxy) is 6. The van der Waals surface area contributed by atoms with Gasteiger partial charge in [0.05, 0.1) is 38.6 Å². The fourth-order valence-corrected chi connectivity index (χ4v) is 12.8. The lowest BCUT2D eigenvalue weighted by atomic mass is 9.96. The first-order valence-corrected chi connectivity index (χ1v) is 39.5. The summed E-state index contributed by atoms with van der Waals surface area (Å²) in [6, 6.07) is -0.980. The highest BCUT2D eigenvalue weighted by Crippen LogP contribution is 2.33. The highest BCUT2D eigenvalue weighted by molar-refractivity contribution is 5.76. The van der Waals surface area contributed by atoms with E-state index in [2.05, 4.69) is 104 Å². The van der Waals surface area contributed by atoms with E-state index in [0.717, 1.165) is 96.3 Å². The standard InChI is InChI=1S/C81H141NO18/c1-3-5-7-9-11-13-15-17-19-21-23-25-26-27-28-29-30-31-32-33-34-35-36-37-38-39-41-43-45-47-49-51-53-55-57-59-69(87)82-64(65(86)58-56-54-52-50-48-46-44-42-40-24-22-20-18-16-14-12-10-8-6-4-2)63-95-79-75(93)72(90)77(67(61-84)97-79)100-81-76(94)73(91)78(68(62-85)98-81)99-80-74(92)71(89)70(88)66(60-83)96-80/h5,7,11,13,17,19,23,25,27-28,30-31,33-34,56,58,64-68,70-81,83-86,88-94H,3-4,6,8-10,12,14-16,18,20-22,24,26,29,32,35-55,57,59-63H2,1-2H3,(H,82,87)/b7-5-,13-11-,19-17-,25-23-,28-27-,31-30-,34-33-,58-56+. The number of carbonyl (C=O) groups excluding carboxylic acids is 1. The molecule has 0 spiro atoms. The predicted molar refractivity (Wildman–Crippen MR) is 397 cm³/mol. The van der Waals surface area contributed by atoms with Gasteiger partial charge in [0.25, 0.3) is 0 Å². The van der Waals surface area contributed by atoms with Gasteiger partial charge in [-0.1, -0.05) is 291 Å². The molecule has 100 heavy (non-hydrogen) atoms. The molecule has 0 radical (unpaired) electrons. The molecule has 12 N–H and O–H groups in total. The Kier molecular flexibility index (Phi) is 55.4. The summed E-state index contributed by atoms with van der Waals surface area (Å²) in [4.78, 5) is 13.5. The van der Waals surface area contributed by atoms with Gasteiger partial charge >= 0.3 is 0 Å². The van der Waals surface area contributed by atoms with E-state index in [0.29, 0.717) is 6.42 Å². The van der Waals surface area contributed by atoms with Crippen molar-refractivity contribution in [1.82, 2.24) is 5.32 Å². The summed E-state index contributed by atoms with van der Waals surface area (Å²) in [6.45, 7) is 1.64. The van der Waals surface area contributed by atoms with E-state index in [-0.39, 0.29) is 18.9 Å². The summed E-state index contributed by atoms with van der Waals surface area (Å²) in [5.41, 5.74) is 0. The molecular formula is C81H141NO18. The molecule has 1 amide bonds. The predicted octanol–water partition coefficient (Wildman–Crippen LogP) is 12.8. The number of aliphatic hydroxyl groups excluding tert-OH is 11. The van der Waals surface area contributed by atoms with Gasteiger partial charge in [0.2, 0.25) is 5.91 Å². The minimum absolute atomic E-state index is 0.237. The van der Waals surface area contributed by atoms with Crippen molar-refractivity contribution < 1.29 is 89.4 Å². The van der Waals surface area contributed by atoms with Crippen molar-refractivity contribution in [3.05, 3.63) is 97.2 Å². The Hall–Kier alpha value is -3.29. The minimum atomic E-state index is -1.98. The lowest BCUT2D eigenvalue weighted by Crippen LogP contribution is -2.66. The second kappa shape index (κ2) is 60.9. The Bertz CT molecular complexity index is 2190. The van der Waals surface area contributed by atoms with E-state index in [1.807, 2.05) is 6.08 Å². The molecule has 17 unspecified atom stereocenters. The maximum absolute atomic E-state index is 13.5. The van der Waals surface area contributed by atoms with Crippen LogP contribution in [0, 0.1) is 0 Å². The number of amides is 1. The van der Waals surface area contributed by atoms with Crippen LogP contribution in [0.15, 0.2) is 97.2 Å². The van der Waals surface area contributed by atoms with Gasteiger partial charge in [-0.2, -0.15) is 0 Å². The van der Waals surface area contributed by atoms with Crippen molar-refractivity contribution in [2.75, 3.05) is 26.4 Å². The van der Waals surface area contributed by atoms with Crippen molar-refractivity contribution in [1.29, 1.82) is 0 Å². The maximum atomic E-state index is 13.5. The van der Waals surface area contributed by atoms with Crippen molar-refractivity contribution >= 4 is 5.91 Å². The molecule has 17 atom stereocenters. The van der Waals surface area contributed by atoms with Gasteiger partial charge in [-0.3, -0.25) is 4.79 Å². The molecule has 0 aromatic rings. The lowest BCUT2D eigenvalue weighted by molar-refractivity contribution is -0.379. The average molecular weight is 1420 g/mol. The van der Waals surface area contributed by atoms with Crippen molar-refractivity contribution in [2.45, 2.75) is 381 Å². The van der Waals surface area contributed by atoms with Gasteiger partial charge < -0.3 is 89.9 Å². The molecule has 3 saturated heterocycles. The van der Waals surface area contributed by atoms with Crippen LogP contribution in [-0.4, -0.2) is 193 Å². The average Bonchev–Trinajstić information content (AvgIpc) is 0.783. The van der Waals surface area contributed by atoms with Crippen LogP contribution >= 0.6 is 0 Å². The molecule has 0 aromatic carbocycles. The van der Waals surface area contributed by atoms with Crippen LogP contribution in [0.3, 0.4) is 0 Å². The molecule has 0 bridgehead atoms. The largest absolute Gasteiger partial charge is 0.394 e. The summed E-state index contributed by atoms with van der Waals surface area (Å²) in [6.07, 6.45) is 55.2. The number of unbranched alkanes of at least 4 members (excludes halogenated alkanes) is 31. The lowest BCUT2D eigenvalue weighted by Gasteiger charge is -2.48. The van der Waals surface area contributed by atoms with Crippen molar-refractivity contribution in [3.8, 4) is 0 Å². The smallest absolute Gasteiger partial charge is 0.220 e. The number of nitrogens with one attached hydrogen (secondary N) is 1. The number of aliphatic hydroxyl groups is 11. The second-order valence-corrected chi connectivity index (χ2v) is 27.8. The van der Waals surface area contributed by atoms with Crippen LogP contribution < -0.4 is 5.32 Å². The zero-order valence-corrected chi connectivity index (χ0v) is 61.6. The number of hydrogen-bond acceptors (Lipinski definition) is 18. The maximum Gasteiger partial charge on any atom is 0.220 e. The van der Waals surface area contributed by atoms with Gasteiger partial charge in [-0.05, 0) is 77.0 Å². The Morgan fingerprint density at radius 3 is 1.08 bits per heavy atom.